The number of pyridine rings is 1. The van der Waals surface area contributed by atoms with Gasteiger partial charge < -0.3 is 4.74 Å². The van der Waals surface area contributed by atoms with E-state index >= 15 is 0 Å². The van der Waals surface area contributed by atoms with Crippen molar-refractivity contribution in [2.45, 2.75) is 31.2 Å². The number of rotatable bonds is 7. The molecule has 3 heterocycles. The average molecular weight is 537 g/mol. The van der Waals surface area contributed by atoms with E-state index in [2.05, 4.69) is 11.9 Å². The third-order valence-corrected chi connectivity index (χ3v) is 9.39. The molecule has 8 nitrogen and oxygen atoms in total. The summed E-state index contributed by atoms with van der Waals surface area (Å²) in [5, 5.41) is 0.526. The SMILES string of the molecule is COc1ccc2nc(N(Cc3ccccn3)C(=O)c3ccc(S(=O)(=O)N4CCCC(C)C4)cc3)sc2c1. The van der Waals surface area contributed by atoms with Crippen LogP contribution in [-0.4, -0.2) is 48.8 Å². The molecule has 1 aliphatic heterocycles. The molecule has 0 aliphatic carbocycles. The second-order valence-corrected chi connectivity index (χ2v) is 12.1. The molecule has 0 saturated carbocycles. The predicted octanol–water partition coefficient (Wildman–Crippen LogP) is 4.97. The van der Waals surface area contributed by atoms with Crippen LogP contribution in [0.5, 0.6) is 5.75 Å². The fourth-order valence-corrected chi connectivity index (χ4v) is 7.04. The molecule has 1 atom stereocenters. The highest BCUT2D eigenvalue weighted by molar-refractivity contribution is 7.89. The van der Waals surface area contributed by atoms with E-state index in [0.29, 0.717) is 41.1 Å². The highest BCUT2D eigenvalue weighted by Gasteiger charge is 2.29. The van der Waals surface area contributed by atoms with Crippen LogP contribution in [0.15, 0.2) is 71.8 Å². The largest absolute Gasteiger partial charge is 0.497 e. The molecule has 1 unspecified atom stereocenters. The molecule has 4 aromatic rings. The zero-order chi connectivity index (χ0) is 26.0. The summed E-state index contributed by atoms with van der Waals surface area (Å²) in [5.74, 6) is 0.760. The molecule has 1 amide bonds. The van der Waals surface area contributed by atoms with Crippen LogP contribution in [0.3, 0.4) is 0 Å². The first kappa shape index (κ1) is 25.3. The van der Waals surface area contributed by atoms with Gasteiger partial charge in [0.2, 0.25) is 10.0 Å². The summed E-state index contributed by atoms with van der Waals surface area (Å²) in [7, 11) is -2.00. The topological polar surface area (TPSA) is 92.7 Å². The summed E-state index contributed by atoms with van der Waals surface area (Å²) in [5.41, 5.74) is 1.85. The number of thiazole rings is 1. The van der Waals surface area contributed by atoms with Gasteiger partial charge in [0.15, 0.2) is 5.13 Å². The summed E-state index contributed by atoms with van der Waals surface area (Å²) < 4.78 is 34.1. The first-order valence-electron chi connectivity index (χ1n) is 12.1. The standard InChI is InChI=1S/C27H28N4O4S2/c1-19-6-5-15-30(17-19)37(33,34)23-11-8-20(9-12-23)26(32)31(18-21-7-3-4-14-28-21)27-29-24-13-10-22(35-2)16-25(24)36-27/h3-4,7-14,16,19H,5-6,15,17-18H2,1-2H3. The maximum absolute atomic E-state index is 13.7. The summed E-state index contributed by atoms with van der Waals surface area (Å²) in [6, 6.07) is 17.3. The van der Waals surface area contributed by atoms with Crippen LogP contribution in [0.1, 0.15) is 35.8 Å². The van der Waals surface area contributed by atoms with Crippen molar-refractivity contribution in [3.05, 3.63) is 78.1 Å². The minimum atomic E-state index is -3.61. The van der Waals surface area contributed by atoms with E-state index in [1.54, 1.807) is 34.6 Å². The number of ether oxygens (including phenoxy) is 1. The van der Waals surface area contributed by atoms with Gasteiger partial charge in [0.1, 0.15) is 5.75 Å². The third kappa shape index (κ3) is 5.36. The molecule has 37 heavy (non-hydrogen) atoms. The van der Waals surface area contributed by atoms with Gasteiger partial charge in [-0.25, -0.2) is 13.4 Å². The molecule has 2 aromatic heterocycles. The summed E-state index contributed by atoms with van der Waals surface area (Å²) in [6.07, 6.45) is 3.57. The number of fused-ring (bicyclic) bond motifs is 1. The van der Waals surface area contributed by atoms with Crippen molar-refractivity contribution in [1.29, 1.82) is 0 Å². The number of benzene rings is 2. The normalized spacial score (nSPS) is 16.5. The highest BCUT2D eigenvalue weighted by Crippen LogP contribution is 2.33. The van der Waals surface area contributed by atoms with Gasteiger partial charge in [-0.1, -0.05) is 24.3 Å². The highest BCUT2D eigenvalue weighted by atomic mass is 32.2. The Labute approximate surface area is 220 Å². The molecule has 0 spiro atoms. The number of carbonyl (C=O) groups is 1. The van der Waals surface area contributed by atoms with Crippen molar-refractivity contribution in [1.82, 2.24) is 14.3 Å². The van der Waals surface area contributed by atoms with Crippen molar-refractivity contribution >= 4 is 42.6 Å². The van der Waals surface area contributed by atoms with Crippen LogP contribution >= 0.6 is 11.3 Å². The molecule has 1 saturated heterocycles. The number of carbonyl (C=O) groups excluding carboxylic acids is 1. The molecule has 1 aliphatic rings. The minimum absolute atomic E-state index is 0.196. The second-order valence-electron chi connectivity index (χ2n) is 9.18. The molecule has 5 rings (SSSR count). The smallest absolute Gasteiger partial charge is 0.260 e. The number of piperidine rings is 1. The Kier molecular flexibility index (Phi) is 7.23. The quantitative estimate of drug-likeness (QED) is 0.331. The molecular weight excluding hydrogens is 508 g/mol. The van der Waals surface area contributed by atoms with Crippen LogP contribution in [0.25, 0.3) is 10.2 Å². The summed E-state index contributed by atoms with van der Waals surface area (Å²) >= 11 is 1.39. The first-order chi connectivity index (χ1) is 17.8. The molecule has 192 valence electrons. The average Bonchev–Trinajstić information content (AvgIpc) is 3.35. The lowest BCUT2D eigenvalue weighted by molar-refractivity contribution is 0.0984. The van der Waals surface area contributed by atoms with Gasteiger partial charge in [0, 0.05) is 24.8 Å². The molecule has 0 radical (unpaired) electrons. The lowest BCUT2D eigenvalue weighted by atomic mass is 10.0. The van der Waals surface area contributed by atoms with Gasteiger partial charge in [0.25, 0.3) is 5.91 Å². The second kappa shape index (κ2) is 10.6. The third-order valence-electron chi connectivity index (χ3n) is 6.47. The van der Waals surface area contributed by atoms with Crippen molar-refractivity contribution in [2.24, 2.45) is 5.92 Å². The Morgan fingerprint density at radius 2 is 1.97 bits per heavy atom. The summed E-state index contributed by atoms with van der Waals surface area (Å²) in [4.78, 5) is 24.6. The Morgan fingerprint density at radius 1 is 1.16 bits per heavy atom. The molecular formula is C27H28N4O4S2. The van der Waals surface area contributed by atoms with Gasteiger partial charge in [0.05, 0.1) is 34.5 Å². The van der Waals surface area contributed by atoms with Gasteiger partial charge in [-0.15, -0.1) is 0 Å². The number of anilines is 1. The predicted molar refractivity (Wildman–Crippen MR) is 145 cm³/mol. The molecule has 2 aromatic carbocycles. The van der Waals surface area contributed by atoms with E-state index in [-0.39, 0.29) is 17.3 Å². The van der Waals surface area contributed by atoms with Crippen LogP contribution < -0.4 is 9.64 Å². The Balaban J connectivity index is 1.46. The Hall–Kier alpha value is -3.34. The first-order valence-corrected chi connectivity index (χ1v) is 14.4. The van der Waals surface area contributed by atoms with Crippen molar-refractivity contribution < 1.29 is 17.9 Å². The number of methoxy groups -OCH3 is 1. The number of amides is 1. The van der Waals surface area contributed by atoms with E-state index in [1.165, 1.54) is 23.5 Å². The lowest BCUT2D eigenvalue weighted by Crippen LogP contribution is -2.39. The number of hydrogen-bond acceptors (Lipinski definition) is 7. The van der Waals surface area contributed by atoms with Gasteiger partial charge in [-0.2, -0.15) is 4.31 Å². The van der Waals surface area contributed by atoms with E-state index in [4.69, 9.17) is 9.72 Å². The zero-order valence-corrected chi connectivity index (χ0v) is 22.3. The van der Waals surface area contributed by atoms with Gasteiger partial charge >= 0.3 is 0 Å². The number of aromatic nitrogens is 2. The Morgan fingerprint density at radius 3 is 2.68 bits per heavy atom. The van der Waals surface area contributed by atoms with Crippen LogP contribution in [0.2, 0.25) is 0 Å². The van der Waals surface area contributed by atoms with Crippen LogP contribution in [0.4, 0.5) is 5.13 Å². The van der Waals surface area contributed by atoms with Crippen molar-refractivity contribution in [3.8, 4) is 5.75 Å². The summed E-state index contributed by atoms with van der Waals surface area (Å²) in [6.45, 7) is 3.33. The van der Waals surface area contributed by atoms with Crippen molar-refractivity contribution in [2.75, 3.05) is 25.1 Å². The monoisotopic (exact) mass is 536 g/mol. The Bertz CT molecular complexity index is 1500. The maximum Gasteiger partial charge on any atom is 0.260 e. The zero-order valence-electron chi connectivity index (χ0n) is 20.7. The van der Waals surface area contributed by atoms with E-state index in [9.17, 15) is 13.2 Å². The fraction of sp³-hybridized carbons (Fsp3) is 0.296. The molecule has 10 heteroatoms. The minimum Gasteiger partial charge on any atom is -0.497 e. The van der Waals surface area contributed by atoms with E-state index < -0.39 is 10.0 Å². The van der Waals surface area contributed by atoms with Crippen LogP contribution in [0, 0.1) is 5.92 Å². The molecule has 1 fully saturated rings. The van der Waals surface area contributed by atoms with Crippen molar-refractivity contribution in [3.63, 3.8) is 0 Å². The molecule has 0 N–H and O–H groups in total. The number of hydrogen-bond donors (Lipinski definition) is 0. The van der Waals surface area contributed by atoms with Crippen LogP contribution in [-0.2, 0) is 16.6 Å². The van der Waals surface area contributed by atoms with Gasteiger partial charge in [-0.3, -0.25) is 14.7 Å². The lowest BCUT2D eigenvalue weighted by Gasteiger charge is -2.30. The number of nitrogens with zero attached hydrogens (tertiary/aromatic N) is 4. The molecule has 0 bridgehead atoms. The fourth-order valence-electron chi connectivity index (χ4n) is 4.45. The maximum atomic E-state index is 13.7. The number of sulfonamides is 1. The van der Waals surface area contributed by atoms with E-state index in [0.717, 1.165) is 23.1 Å². The van der Waals surface area contributed by atoms with E-state index in [1.807, 2.05) is 36.4 Å². The van der Waals surface area contributed by atoms with Gasteiger partial charge in [-0.05, 0) is 73.4 Å².